The van der Waals surface area contributed by atoms with E-state index in [1.807, 2.05) is 24.3 Å². The Morgan fingerprint density at radius 1 is 1.30 bits per heavy atom. The number of carbonyl (C=O) groups excluding carboxylic acids is 1. The number of para-hydroxylation sites is 1. The molecule has 0 aliphatic carbocycles. The van der Waals surface area contributed by atoms with Crippen molar-refractivity contribution >= 4 is 11.6 Å². The summed E-state index contributed by atoms with van der Waals surface area (Å²) in [4.78, 5) is 16.0. The van der Waals surface area contributed by atoms with Crippen LogP contribution in [0.2, 0.25) is 0 Å². The smallest absolute Gasteiger partial charge is 0.253 e. The molecule has 0 saturated carbocycles. The molecule has 2 N–H and O–H groups in total. The van der Waals surface area contributed by atoms with E-state index in [1.54, 1.807) is 0 Å². The zero-order valence-electron chi connectivity index (χ0n) is 11.4. The first-order valence-corrected chi connectivity index (χ1v) is 6.67. The Morgan fingerprint density at radius 2 is 2.15 bits per heavy atom. The normalized spacial score (nSPS) is 10.2. The molecule has 2 aromatic rings. The first kappa shape index (κ1) is 14.0. The van der Waals surface area contributed by atoms with Gasteiger partial charge in [-0.3, -0.25) is 4.79 Å². The van der Waals surface area contributed by atoms with Gasteiger partial charge in [-0.05, 0) is 18.6 Å². The van der Waals surface area contributed by atoms with E-state index in [0.29, 0.717) is 24.4 Å². The van der Waals surface area contributed by atoms with Gasteiger partial charge in [0.15, 0.2) is 5.82 Å². The van der Waals surface area contributed by atoms with Crippen molar-refractivity contribution in [2.24, 2.45) is 0 Å². The molecule has 20 heavy (non-hydrogen) atoms. The van der Waals surface area contributed by atoms with Gasteiger partial charge in [0.2, 0.25) is 6.39 Å². The monoisotopic (exact) mass is 274 g/mol. The van der Waals surface area contributed by atoms with Crippen molar-refractivity contribution in [2.45, 2.75) is 19.8 Å². The molecule has 6 nitrogen and oxygen atoms in total. The van der Waals surface area contributed by atoms with Crippen LogP contribution in [0.3, 0.4) is 0 Å². The average Bonchev–Trinajstić information content (AvgIpc) is 2.98. The molecule has 1 heterocycles. The van der Waals surface area contributed by atoms with Gasteiger partial charge in [-0.2, -0.15) is 4.98 Å². The summed E-state index contributed by atoms with van der Waals surface area (Å²) in [7, 11) is 0. The van der Waals surface area contributed by atoms with Crippen molar-refractivity contribution in [3.05, 3.63) is 42.0 Å². The van der Waals surface area contributed by atoms with E-state index in [0.717, 1.165) is 18.7 Å². The van der Waals surface area contributed by atoms with Crippen LogP contribution in [0.4, 0.5) is 5.69 Å². The molecule has 0 spiro atoms. The van der Waals surface area contributed by atoms with Crippen LogP contribution >= 0.6 is 0 Å². The summed E-state index contributed by atoms with van der Waals surface area (Å²) < 4.78 is 4.64. The number of nitrogens with one attached hydrogen (secondary N) is 2. The highest BCUT2D eigenvalue weighted by molar-refractivity contribution is 5.99. The van der Waals surface area contributed by atoms with Crippen LogP contribution in [0.1, 0.15) is 29.5 Å². The van der Waals surface area contributed by atoms with Crippen molar-refractivity contribution in [3.63, 3.8) is 0 Å². The molecule has 0 unspecified atom stereocenters. The van der Waals surface area contributed by atoms with Gasteiger partial charge in [0.25, 0.3) is 5.91 Å². The molecule has 1 amide bonds. The molecule has 0 bridgehead atoms. The van der Waals surface area contributed by atoms with Gasteiger partial charge in [-0.15, -0.1) is 0 Å². The quantitative estimate of drug-likeness (QED) is 0.805. The van der Waals surface area contributed by atoms with Crippen LogP contribution in [0.5, 0.6) is 0 Å². The highest BCUT2D eigenvalue weighted by Gasteiger charge is 2.10. The number of anilines is 1. The minimum absolute atomic E-state index is 0.104. The zero-order valence-corrected chi connectivity index (χ0v) is 11.4. The molecular formula is C14H18N4O2. The summed E-state index contributed by atoms with van der Waals surface area (Å²) in [5.41, 5.74) is 1.50. The third-order valence-corrected chi connectivity index (χ3v) is 2.78. The Balaban J connectivity index is 1.91. The number of nitrogens with zero attached hydrogens (tertiary/aromatic N) is 2. The van der Waals surface area contributed by atoms with E-state index < -0.39 is 0 Å². The lowest BCUT2D eigenvalue weighted by molar-refractivity contribution is 0.0954. The van der Waals surface area contributed by atoms with Crippen molar-refractivity contribution in [3.8, 4) is 0 Å². The summed E-state index contributed by atoms with van der Waals surface area (Å²) in [6.45, 7) is 3.40. The second-order valence-electron chi connectivity index (χ2n) is 4.33. The molecule has 1 aromatic carbocycles. The zero-order chi connectivity index (χ0) is 14.2. The van der Waals surface area contributed by atoms with Gasteiger partial charge < -0.3 is 15.2 Å². The Labute approximate surface area is 117 Å². The van der Waals surface area contributed by atoms with E-state index in [9.17, 15) is 4.79 Å². The van der Waals surface area contributed by atoms with Gasteiger partial charge in [-0.25, -0.2) is 0 Å². The third-order valence-electron chi connectivity index (χ3n) is 2.78. The Kier molecular flexibility index (Phi) is 5.11. The first-order valence-electron chi connectivity index (χ1n) is 6.67. The highest BCUT2D eigenvalue weighted by atomic mass is 16.5. The second-order valence-corrected chi connectivity index (χ2v) is 4.33. The molecule has 0 fully saturated rings. The molecular weight excluding hydrogens is 256 g/mol. The molecule has 2 rings (SSSR count). The van der Waals surface area contributed by atoms with Gasteiger partial charge in [0, 0.05) is 25.2 Å². The topological polar surface area (TPSA) is 80.0 Å². The lowest BCUT2D eigenvalue weighted by Gasteiger charge is -2.11. The van der Waals surface area contributed by atoms with Gasteiger partial charge >= 0.3 is 0 Å². The largest absolute Gasteiger partial charge is 0.384 e. The van der Waals surface area contributed by atoms with E-state index >= 15 is 0 Å². The maximum absolute atomic E-state index is 12.1. The molecule has 0 atom stereocenters. The molecule has 0 saturated heterocycles. The number of hydrogen-bond donors (Lipinski definition) is 2. The standard InChI is InChI=1S/C14H18N4O2/c1-2-8-15-12-6-4-3-5-11(12)14(19)16-9-7-13-17-10-20-18-13/h3-6,10,15H,2,7-9H2,1H3,(H,16,19). The first-order chi connectivity index (χ1) is 9.81. The fourth-order valence-electron chi connectivity index (χ4n) is 1.78. The number of aromatic nitrogens is 2. The highest BCUT2D eigenvalue weighted by Crippen LogP contribution is 2.14. The molecule has 0 aliphatic rings. The summed E-state index contributed by atoms with van der Waals surface area (Å²) in [6, 6.07) is 7.48. The van der Waals surface area contributed by atoms with Crippen LogP contribution < -0.4 is 10.6 Å². The van der Waals surface area contributed by atoms with Gasteiger partial charge in [0.05, 0.1) is 5.56 Å². The third kappa shape index (κ3) is 3.81. The maximum Gasteiger partial charge on any atom is 0.253 e. The number of benzene rings is 1. The van der Waals surface area contributed by atoms with Crippen molar-refractivity contribution < 1.29 is 9.32 Å². The maximum atomic E-state index is 12.1. The Bertz CT molecular complexity index is 540. The number of hydrogen-bond acceptors (Lipinski definition) is 5. The average molecular weight is 274 g/mol. The molecule has 0 radical (unpaired) electrons. The van der Waals surface area contributed by atoms with E-state index in [4.69, 9.17) is 0 Å². The SMILES string of the molecule is CCCNc1ccccc1C(=O)NCCc1ncon1. The molecule has 1 aromatic heterocycles. The van der Waals surface area contributed by atoms with Crippen LogP contribution in [0, 0.1) is 0 Å². The summed E-state index contributed by atoms with van der Waals surface area (Å²) in [5.74, 6) is 0.482. The molecule has 0 aliphatic heterocycles. The van der Waals surface area contributed by atoms with Crippen LogP contribution in [0.25, 0.3) is 0 Å². The Hall–Kier alpha value is -2.37. The summed E-state index contributed by atoms with van der Waals surface area (Å²) >= 11 is 0. The fourth-order valence-corrected chi connectivity index (χ4v) is 1.78. The molecule has 106 valence electrons. The van der Waals surface area contributed by atoms with E-state index in [1.165, 1.54) is 6.39 Å². The summed E-state index contributed by atoms with van der Waals surface area (Å²) in [6.07, 6.45) is 2.84. The van der Waals surface area contributed by atoms with Crippen LogP contribution in [-0.4, -0.2) is 29.1 Å². The number of amides is 1. The lowest BCUT2D eigenvalue weighted by Crippen LogP contribution is -2.26. The van der Waals surface area contributed by atoms with Gasteiger partial charge in [0.1, 0.15) is 0 Å². The lowest BCUT2D eigenvalue weighted by atomic mass is 10.1. The van der Waals surface area contributed by atoms with Crippen LogP contribution in [0.15, 0.2) is 35.2 Å². The van der Waals surface area contributed by atoms with Crippen molar-refractivity contribution in [1.29, 1.82) is 0 Å². The van der Waals surface area contributed by atoms with Crippen molar-refractivity contribution in [2.75, 3.05) is 18.4 Å². The predicted octanol–water partition coefficient (Wildman–Crippen LogP) is 1.86. The number of rotatable bonds is 7. The minimum Gasteiger partial charge on any atom is -0.384 e. The van der Waals surface area contributed by atoms with Crippen molar-refractivity contribution in [1.82, 2.24) is 15.5 Å². The van der Waals surface area contributed by atoms with Gasteiger partial charge in [-0.1, -0.05) is 24.2 Å². The molecule has 6 heteroatoms. The van der Waals surface area contributed by atoms with Crippen LogP contribution in [-0.2, 0) is 6.42 Å². The Morgan fingerprint density at radius 3 is 2.90 bits per heavy atom. The summed E-state index contributed by atoms with van der Waals surface area (Å²) in [5, 5.41) is 9.79. The van der Waals surface area contributed by atoms with E-state index in [-0.39, 0.29) is 5.91 Å². The predicted molar refractivity (Wildman–Crippen MR) is 75.6 cm³/mol. The second kappa shape index (κ2) is 7.28. The fraction of sp³-hybridized carbons (Fsp3) is 0.357. The van der Waals surface area contributed by atoms with E-state index in [2.05, 4.69) is 32.2 Å². The minimum atomic E-state index is -0.104. The number of carbonyl (C=O) groups is 1.